The summed E-state index contributed by atoms with van der Waals surface area (Å²) in [6, 6.07) is 12.7. The third-order valence-corrected chi connectivity index (χ3v) is 6.65. The maximum atomic E-state index is 15.8. The van der Waals surface area contributed by atoms with E-state index < -0.39 is 5.67 Å². The molecule has 8 heteroatoms. The molecular formula is C27H30FN5O2. The molecule has 2 heterocycles. The molecule has 1 fully saturated rings. The van der Waals surface area contributed by atoms with Crippen molar-refractivity contribution >= 4 is 5.91 Å². The van der Waals surface area contributed by atoms with Crippen LogP contribution in [0.25, 0.3) is 11.4 Å². The molecule has 1 N–H and O–H groups in total. The standard InChI is InChI=1S/C27H30FN5O2/c1-4-19-14-18(3)21(15-22(19)25-30-24(31-32-25)17-35-5-2)26(34)33-12-10-27(28,11-13-33)23-9-7-6-8-20(23)16-29/h6-9,14-15H,4-5,10-13,17H2,1-3H3,(H,30,31,32). The molecule has 1 aromatic heterocycles. The van der Waals surface area contributed by atoms with Crippen molar-refractivity contribution in [2.45, 2.75) is 52.3 Å². The van der Waals surface area contributed by atoms with Crippen LogP contribution in [0.2, 0.25) is 0 Å². The zero-order chi connectivity index (χ0) is 25.0. The smallest absolute Gasteiger partial charge is 0.254 e. The molecule has 0 atom stereocenters. The number of benzene rings is 2. The number of aromatic nitrogens is 3. The van der Waals surface area contributed by atoms with Crippen LogP contribution in [0.3, 0.4) is 0 Å². The van der Waals surface area contributed by atoms with Crippen LogP contribution < -0.4 is 0 Å². The lowest BCUT2D eigenvalue weighted by molar-refractivity contribution is 0.0420. The van der Waals surface area contributed by atoms with E-state index in [0.29, 0.717) is 41.6 Å². The molecule has 0 spiro atoms. The summed E-state index contributed by atoms with van der Waals surface area (Å²) in [6.45, 7) is 7.37. The third-order valence-electron chi connectivity index (χ3n) is 6.65. The van der Waals surface area contributed by atoms with Gasteiger partial charge in [-0.1, -0.05) is 31.2 Å². The van der Waals surface area contributed by atoms with Gasteiger partial charge in [0.2, 0.25) is 0 Å². The number of rotatable bonds is 7. The number of hydrogen-bond acceptors (Lipinski definition) is 5. The fourth-order valence-electron chi connectivity index (χ4n) is 4.65. The average molecular weight is 476 g/mol. The molecule has 4 rings (SSSR count). The van der Waals surface area contributed by atoms with Gasteiger partial charge in [0.1, 0.15) is 12.3 Å². The number of alkyl halides is 1. The summed E-state index contributed by atoms with van der Waals surface area (Å²) in [7, 11) is 0. The monoisotopic (exact) mass is 475 g/mol. The van der Waals surface area contributed by atoms with E-state index in [0.717, 1.165) is 23.1 Å². The van der Waals surface area contributed by atoms with E-state index >= 15 is 4.39 Å². The number of amides is 1. The summed E-state index contributed by atoms with van der Waals surface area (Å²) in [5.41, 5.74) is 2.43. The Morgan fingerprint density at radius 3 is 2.69 bits per heavy atom. The van der Waals surface area contributed by atoms with Crippen LogP contribution in [-0.2, 0) is 23.4 Å². The van der Waals surface area contributed by atoms with Crippen LogP contribution in [0.4, 0.5) is 4.39 Å². The van der Waals surface area contributed by atoms with Crippen molar-refractivity contribution in [2.24, 2.45) is 0 Å². The summed E-state index contributed by atoms with van der Waals surface area (Å²) < 4.78 is 21.2. The van der Waals surface area contributed by atoms with Gasteiger partial charge in [-0.05, 0) is 43.5 Å². The Bertz CT molecular complexity index is 1250. The van der Waals surface area contributed by atoms with Crippen LogP contribution in [0, 0.1) is 18.3 Å². The first-order valence-electron chi connectivity index (χ1n) is 12.0. The highest BCUT2D eigenvalue weighted by atomic mass is 19.1. The van der Waals surface area contributed by atoms with Crippen LogP contribution in [0.5, 0.6) is 0 Å². The lowest BCUT2D eigenvalue weighted by Crippen LogP contribution is -2.43. The molecule has 1 aliphatic rings. The van der Waals surface area contributed by atoms with Gasteiger partial charge in [0.15, 0.2) is 11.6 Å². The van der Waals surface area contributed by atoms with Gasteiger partial charge >= 0.3 is 0 Å². The number of piperidine rings is 1. The predicted octanol–water partition coefficient (Wildman–Crippen LogP) is 4.85. The molecule has 1 amide bonds. The highest BCUT2D eigenvalue weighted by molar-refractivity contribution is 5.97. The molecule has 7 nitrogen and oxygen atoms in total. The molecule has 1 aliphatic heterocycles. The number of halogens is 1. The molecule has 182 valence electrons. The molecular weight excluding hydrogens is 445 g/mol. The van der Waals surface area contributed by atoms with Crippen molar-refractivity contribution in [3.8, 4) is 17.5 Å². The van der Waals surface area contributed by atoms with Gasteiger partial charge in [0, 0.05) is 49.2 Å². The Labute approximate surface area is 204 Å². The highest BCUT2D eigenvalue weighted by Crippen LogP contribution is 2.39. The fraction of sp³-hybridized carbons (Fsp3) is 0.407. The van der Waals surface area contributed by atoms with E-state index in [1.54, 1.807) is 29.2 Å². The van der Waals surface area contributed by atoms with Gasteiger partial charge in [-0.25, -0.2) is 9.37 Å². The van der Waals surface area contributed by atoms with E-state index in [1.807, 2.05) is 26.0 Å². The number of carbonyl (C=O) groups excluding carboxylic acids is 1. The fourth-order valence-corrected chi connectivity index (χ4v) is 4.65. The van der Waals surface area contributed by atoms with Gasteiger partial charge in [0.25, 0.3) is 5.91 Å². The average Bonchev–Trinajstić information content (AvgIpc) is 3.36. The molecule has 1 saturated heterocycles. The number of nitrogens with zero attached hydrogens (tertiary/aromatic N) is 4. The number of aromatic amines is 1. The predicted molar refractivity (Wildman–Crippen MR) is 130 cm³/mol. The topological polar surface area (TPSA) is 94.9 Å². The second kappa shape index (κ2) is 10.4. The number of nitriles is 1. The van der Waals surface area contributed by atoms with Gasteiger partial charge in [-0.15, -0.1) is 0 Å². The summed E-state index contributed by atoms with van der Waals surface area (Å²) in [5, 5.41) is 16.6. The van der Waals surface area contributed by atoms with Crippen molar-refractivity contribution in [1.29, 1.82) is 5.26 Å². The molecule has 0 radical (unpaired) electrons. The number of H-pyrrole nitrogens is 1. The largest absolute Gasteiger partial charge is 0.374 e. The van der Waals surface area contributed by atoms with E-state index in [9.17, 15) is 10.1 Å². The number of likely N-dealkylation sites (tertiary alicyclic amines) is 1. The molecule has 2 aromatic carbocycles. The maximum absolute atomic E-state index is 15.8. The van der Waals surface area contributed by atoms with Crippen molar-refractivity contribution < 1.29 is 13.9 Å². The Morgan fingerprint density at radius 2 is 2.00 bits per heavy atom. The zero-order valence-electron chi connectivity index (χ0n) is 20.4. The van der Waals surface area contributed by atoms with Crippen LogP contribution in [-0.4, -0.2) is 45.7 Å². The van der Waals surface area contributed by atoms with Gasteiger partial charge in [-0.2, -0.15) is 10.4 Å². The zero-order valence-corrected chi connectivity index (χ0v) is 20.4. The van der Waals surface area contributed by atoms with Crippen molar-refractivity contribution in [2.75, 3.05) is 19.7 Å². The van der Waals surface area contributed by atoms with E-state index in [2.05, 4.69) is 28.2 Å². The first-order valence-corrected chi connectivity index (χ1v) is 12.0. The first-order chi connectivity index (χ1) is 16.9. The molecule has 0 unspecified atom stereocenters. The molecule has 0 saturated carbocycles. The maximum Gasteiger partial charge on any atom is 0.254 e. The van der Waals surface area contributed by atoms with Crippen molar-refractivity contribution in [3.63, 3.8) is 0 Å². The van der Waals surface area contributed by atoms with Crippen molar-refractivity contribution in [3.05, 3.63) is 70.0 Å². The molecule has 35 heavy (non-hydrogen) atoms. The summed E-state index contributed by atoms with van der Waals surface area (Å²) in [4.78, 5) is 19.7. The van der Waals surface area contributed by atoms with Crippen LogP contribution >= 0.6 is 0 Å². The second-order valence-corrected chi connectivity index (χ2v) is 8.84. The minimum atomic E-state index is -1.62. The quantitative estimate of drug-likeness (QED) is 0.527. The van der Waals surface area contributed by atoms with E-state index in [1.165, 1.54) is 0 Å². The molecule has 3 aromatic rings. The SMILES string of the molecule is CCOCc1nc(-c2cc(C(=O)N3CCC(F)(c4ccccc4C#N)CC3)c(C)cc2CC)n[nH]1. The van der Waals surface area contributed by atoms with E-state index in [-0.39, 0.29) is 31.8 Å². The first kappa shape index (κ1) is 24.6. The minimum absolute atomic E-state index is 0.132. The van der Waals surface area contributed by atoms with Crippen LogP contribution in [0.15, 0.2) is 36.4 Å². The molecule has 0 aliphatic carbocycles. The summed E-state index contributed by atoms with van der Waals surface area (Å²) in [6.07, 6.45) is 1.07. The Balaban J connectivity index is 1.57. The summed E-state index contributed by atoms with van der Waals surface area (Å²) in [5.74, 6) is 1.03. The lowest BCUT2D eigenvalue weighted by atomic mass is 9.83. The van der Waals surface area contributed by atoms with Gasteiger partial charge in [0.05, 0.1) is 11.6 Å². The van der Waals surface area contributed by atoms with Crippen LogP contribution in [0.1, 0.15) is 65.1 Å². The van der Waals surface area contributed by atoms with Gasteiger partial charge in [-0.3, -0.25) is 9.89 Å². The number of ether oxygens (including phenoxy) is 1. The minimum Gasteiger partial charge on any atom is -0.374 e. The number of carbonyl (C=O) groups is 1. The molecule has 0 bridgehead atoms. The Hall–Kier alpha value is -3.57. The number of nitrogens with one attached hydrogen (secondary N) is 1. The lowest BCUT2D eigenvalue weighted by Gasteiger charge is -2.37. The summed E-state index contributed by atoms with van der Waals surface area (Å²) >= 11 is 0. The van der Waals surface area contributed by atoms with Crippen molar-refractivity contribution in [1.82, 2.24) is 20.1 Å². The van der Waals surface area contributed by atoms with Gasteiger partial charge < -0.3 is 9.64 Å². The normalized spacial score (nSPS) is 15.1. The second-order valence-electron chi connectivity index (χ2n) is 8.84. The Morgan fingerprint density at radius 1 is 1.26 bits per heavy atom. The highest BCUT2D eigenvalue weighted by Gasteiger charge is 2.39. The number of aryl methyl sites for hydroxylation is 2. The Kier molecular flexibility index (Phi) is 7.27. The van der Waals surface area contributed by atoms with E-state index in [4.69, 9.17) is 4.74 Å². The third kappa shape index (κ3) is 4.96. The number of hydrogen-bond donors (Lipinski definition) is 1.